The Labute approximate surface area is 192 Å². The van der Waals surface area contributed by atoms with Crippen molar-refractivity contribution in [1.82, 2.24) is 19.7 Å². The second-order valence-corrected chi connectivity index (χ2v) is 9.69. The number of hydrogen-bond donors (Lipinski definition) is 1. The van der Waals surface area contributed by atoms with Crippen LogP contribution in [0.2, 0.25) is 0 Å². The highest BCUT2D eigenvalue weighted by atomic mass is 16.2. The number of carbonyl (C=O) groups is 2. The van der Waals surface area contributed by atoms with E-state index in [0.717, 1.165) is 48.1 Å². The van der Waals surface area contributed by atoms with Gasteiger partial charge in [-0.2, -0.15) is 5.10 Å². The highest BCUT2D eigenvalue weighted by Crippen LogP contribution is 2.46. The molecule has 0 bridgehead atoms. The summed E-state index contributed by atoms with van der Waals surface area (Å²) in [5.41, 5.74) is 11.2. The summed E-state index contributed by atoms with van der Waals surface area (Å²) in [6, 6.07) is 10.3. The lowest BCUT2D eigenvalue weighted by molar-refractivity contribution is -0.130. The summed E-state index contributed by atoms with van der Waals surface area (Å²) in [5.74, 6) is 2.12. The monoisotopic (exact) mass is 441 g/mol. The first-order chi connectivity index (χ1) is 16.0. The minimum atomic E-state index is 0.109. The normalized spacial score (nSPS) is 23.0. The number of piperidine rings is 1. The van der Waals surface area contributed by atoms with Gasteiger partial charge in [-0.05, 0) is 59.4 Å². The number of nitrogens with two attached hydrogens (primary N) is 1. The van der Waals surface area contributed by atoms with E-state index in [1.807, 2.05) is 21.8 Å². The summed E-state index contributed by atoms with van der Waals surface area (Å²) < 4.78 is 1.81. The number of rotatable bonds is 7. The van der Waals surface area contributed by atoms with Crippen LogP contribution in [0.1, 0.15) is 57.8 Å². The molecule has 3 atom stereocenters. The summed E-state index contributed by atoms with van der Waals surface area (Å²) >= 11 is 0. The molecule has 168 valence electrons. The Balaban J connectivity index is 1.06. The maximum atomic E-state index is 12.9. The molecule has 3 aromatic rings. The molecule has 2 fully saturated rings. The number of nitrogens with zero attached hydrogens (tertiary/aromatic N) is 4. The van der Waals surface area contributed by atoms with Crippen molar-refractivity contribution in [3.8, 4) is 0 Å². The molecular formula is C26H27N5O2. The predicted molar refractivity (Wildman–Crippen MR) is 123 cm³/mol. The number of amides is 1. The zero-order valence-electron chi connectivity index (χ0n) is 18.5. The number of hydrogen-bond acceptors (Lipinski definition) is 5. The Bertz CT molecular complexity index is 1230. The molecule has 7 heteroatoms. The van der Waals surface area contributed by atoms with Crippen LogP contribution >= 0.6 is 0 Å². The van der Waals surface area contributed by atoms with E-state index in [9.17, 15) is 9.59 Å². The molecular weight excluding hydrogens is 414 g/mol. The van der Waals surface area contributed by atoms with Crippen molar-refractivity contribution in [2.45, 2.75) is 44.7 Å². The Hall–Kier alpha value is -3.48. The number of likely N-dealkylation sites (tertiary alicyclic amines) is 1. The van der Waals surface area contributed by atoms with Crippen LogP contribution in [0.5, 0.6) is 0 Å². The first-order valence-electron chi connectivity index (χ1n) is 11.7. The summed E-state index contributed by atoms with van der Waals surface area (Å²) in [6.45, 7) is 2.21. The molecule has 1 aromatic carbocycles. The number of anilines is 1. The lowest BCUT2D eigenvalue weighted by Gasteiger charge is -2.18. The van der Waals surface area contributed by atoms with Crippen LogP contribution in [0.3, 0.4) is 0 Å². The van der Waals surface area contributed by atoms with E-state index < -0.39 is 0 Å². The highest BCUT2D eigenvalue weighted by Gasteiger charge is 2.51. The van der Waals surface area contributed by atoms with Gasteiger partial charge in [0.2, 0.25) is 5.91 Å². The lowest BCUT2D eigenvalue weighted by Crippen LogP contribution is -2.27. The standard InChI is InChI=1S/C26H27N5O2/c27-25-22-6-5-18(21(22)7-8-28-25)10-24(32)20-11-29-31(15-20)13-17-3-1-16(2-4-17)12-30-14-19-9-23(19)26(30)33/h1-4,7-8,11,15,18-19,23H,5-6,9-10,12-14H2,(H2,27,28)/t18?,19-,23-/m0/s1. The molecule has 1 aliphatic heterocycles. The molecule has 7 nitrogen and oxygen atoms in total. The molecule has 2 N–H and O–H groups in total. The summed E-state index contributed by atoms with van der Waals surface area (Å²) in [5, 5.41) is 4.41. The van der Waals surface area contributed by atoms with Gasteiger partial charge in [0.1, 0.15) is 5.82 Å². The number of ketones is 1. The van der Waals surface area contributed by atoms with Crippen LogP contribution in [-0.4, -0.2) is 37.9 Å². The van der Waals surface area contributed by atoms with Gasteiger partial charge in [-0.25, -0.2) is 4.98 Å². The number of fused-ring (bicyclic) bond motifs is 2. The molecule has 2 aliphatic carbocycles. The fraction of sp³-hybridized carbons (Fsp3) is 0.385. The Morgan fingerprint density at radius 2 is 1.91 bits per heavy atom. The fourth-order valence-corrected chi connectivity index (χ4v) is 5.46. The van der Waals surface area contributed by atoms with Crippen LogP contribution < -0.4 is 5.73 Å². The minimum Gasteiger partial charge on any atom is -0.383 e. The van der Waals surface area contributed by atoms with Crippen LogP contribution in [-0.2, 0) is 24.3 Å². The minimum absolute atomic E-state index is 0.109. The van der Waals surface area contributed by atoms with Crippen molar-refractivity contribution in [1.29, 1.82) is 0 Å². The van der Waals surface area contributed by atoms with Crippen LogP contribution in [0.4, 0.5) is 5.82 Å². The highest BCUT2D eigenvalue weighted by molar-refractivity contribution is 5.96. The second kappa shape index (κ2) is 7.83. The van der Waals surface area contributed by atoms with E-state index >= 15 is 0 Å². The molecule has 6 rings (SSSR count). The van der Waals surface area contributed by atoms with Crippen molar-refractivity contribution in [2.75, 3.05) is 12.3 Å². The zero-order valence-corrected chi connectivity index (χ0v) is 18.5. The van der Waals surface area contributed by atoms with Gasteiger partial charge >= 0.3 is 0 Å². The summed E-state index contributed by atoms with van der Waals surface area (Å²) in [6.07, 6.45) is 8.60. The zero-order chi connectivity index (χ0) is 22.5. The van der Waals surface area contributed by atoms with E-state index in [1.165, 1.54) is 0 Å². The quantitative estimate of drug-likeness (QED) is 0.568. The maximum absolute atomic E-state index is 12.9. The topological polar surface area (TPSA) is 94.1 Å². The van der Waals surface area contributed by atoms with E-state index in [-0.39, 0.29) is 11.7 Å². The molecule has 2 aromatic heterocycles. The number of pyridine rings is 1. The predicted octanol–water partition coefficient (Wildman–Crippen LogP) is 3.19. The van der Waals surface area contributed by atoms with Crippen molar-refractivity contribution in [3.05, 3.63) is 76.7 Å². The van der Waals surface area contributed by atoms with Gasteiger partial charge in [0.25, 0.3) is 0 Å². The van der Waals surface area contributed by atoms with Gasteiger partial charge in [0.15, 0.2) is 5.78 Å². The first-order valence-corrected chi connectivity index (χ1v) is 11.7. The number of nitrogen functional groups attached to an aromatic ring is 1. The average Bonchev–Trinajstić information content (AvgIpc) is 3.10. The largest absolute Gasteiger partial charge is 0.383 e. The Morgan fingerprint density at radius 1 is 1.12 bits per heavy atom. The van der Waals surface area contributed by atoms with Gasteiger partial charge in [-0.3, -0.25) is 14.3 Å². The van der Waals surface area contributed by atoms with Crippen LogP contribution in [0.15, 0.2) is 48.9 Å². The number of Topliss-reactive ketones (excluding diaryl/α,β-unsaturated/α-hetero) is 1. The van der Waals surface area contributed by atoms with E-state index in [0.29, 0.717) is 48.6 Å². The van der Waals surface area contributed by atoms with Gasteiger partial charge in [-0.1, -0.05) is 24.3 Å². The molecule has 0 radical (unpaired) electrons. The fourth-order valence-electron chi connectivity index (χ4n) is 5.46. The summed E-state index contributed by atoms with van der Waals surface area (Å²) in [7, 11) is 0. The third-order valence-corrected chi connectivity index (χ3v) is 7.44. The second-order valence-electron chi connectivity index (χ2n) is 9.69. The van der Waals surface area contributed by atoms with E-state index in [1.54, 1.807) is 12.4 Å². The number of carbonyl (C=O) groups excluding carboxylic acids is 2. The molecule has 1 amide bonds. The van der Waals surface area contributed by atoms with Crippen LogP contribution in [0, 0.1) is 11.8 Å². The van der Waals surface area contributed by atoms with Gasteiger partial charge in [0, 0.05) is 37.8 Å². The van der Waals surface area contributed by atoms with E-state index in [4.69, 9.17) is 5.73 Å². The Morgan fingerprint density at radius 3 is 2.67 bits per heavy atom. The van der Waals surface area contributed by atoms with E-state index in [2.05, 4.69) is 34.3 Å². The van der Waals surface area contributed by atoms with Gasteiger partial charge in [-0.15, -0.1) is 0 Å². The molecule has 33 heavy (non-hydrogen) atoms. The van der Waals surface area contributed by atoms with Crippen molar-refractivity contribution in [3.63, 3.8) is 0 Å². The van der Waals surface area contributed by atoms with Crippen molar-refractivity contribution < 1.29 is 9.59 Å². The molecule has 1 saturated carbocycles. The smallest absolute Gasteiger partial charge is 0.226 e. The molecule has 0 spiro atoms. The number of benzene rings is 1. The third kappa shape index (κ3) is 3.81. The summed E-state index contributed by atoms with van der Waals surface area (Å²) in [4.78, 5) is 31.2. The SMILES string of the molecule is Nc1nccc2c1CCC2CC(=O)c1cnn(Cc2ccc(CN3C[C@@H]4C[C@@H]4C3=O)cc2)c1. The first kappa shape index (κ1) is 20.1. The molecule has 3 aliphatic rings. The molecule has 1 unspecified atom stereocenters. The van der Waals surface area contributed by atoms with Gasteiger partial charge < -0.3 is 10.6 Å². The van der Waals surface area contributed by atoms with Crippen molar-refractivity contribution in [2.24, 2.45) is 11.8 Å². The molecule has 1 saturated heterocycles. The third-order valence-electron chi connectivity index (χ3n) is 7.44. The maximum Gasteiger partial charge on any atom is 0.226 e. The number of aromatic nitrogens is 3. The molecule has 3 heterocycles. The Kier molecular flexibility index (Phi) is 4.78. The average molecular weight is 442 g/mol. The lowest BCUT2D eigenvalue weighted by atomic mass is 9.94. The van der Waals surface area contributed by atoms with Gasteiger partial charge in [0.05, 0.1) is 18.3 Å². The van der Waals surface area contributed by atoms with Crippen molar-refractivity contribution >= 4 is 17.5 Å². The van der Waals surface area contributed by atoms with Crippen LogP contribution in [0.25, 0.3) is 0 Å².